The molecule has 0 radical (unpaired) electrons. The fourth-order valence-corrected chi connectivity index (χ4v) is 3.21. The molecule has 1 amide bonds. The summed E-state index contributed by atoms with van der Waals surface area (Å²) < 4.78 is 0. The summed E-state index contributed by atoms with van der Waals surface area (Å²) in [5, 5.41) is 13.2. The van der Waals surface area contributed by atoms with Crippen molar-refractivity contribution in [1.29, 1.82) is 0 Å². The Bertz CT molecular complexity index is 893. The number of aromatic nitrogens is 5. The van der Waals surface area contributed by atoms with Crippen LogP contribution in [0.3, 0.4) is 0 Å². The molecule has 0 aliphatic carbocycles. The van der Waals surface area contributed by atoms with Crippen molar-refractivity contribution < 1.29 is 4.79 Å². The molecule has 1 aliphatic heterocycles. The molecule has 1 atom stereocenters. The maximum Gasteiger partial charge on any atom is 0.277 e. The van der Waals surface area contributed by atoms with Gasteiger partial charge < -0.3 is 15.6 Å². The topological polar surface area (TPSA) is 111 Å². The van der Waals surface area contributed by atoms with Crippen molar-refractivity contribution >= 4 is 11.7 Å². The number of piperidine rings is 1. The Hall–Kier alpha value is -3.00. The number of rotatable bonds is 4. The van der Waals surface area contributed by atoms with Crippen LogP contribution in [0.4, 0.5) is 5.82 Å². The van der Waals surface area contributed by atoms with E-state index in [1.54, 1.807) is 18.5 Å². The second-order valence-corrected chi connectivity index (χ2v) is 6.50. The molecule has 8 heteroatoms. The molecule has 4 rings (SSSR count). The van der Waals surface area contributed by atoms with Crippen LogP contribution in [0.1, 0.15) is 40.8 Å². The highest BCUT2D eigenvalue weighted by Crippen LogP contribution is 2.23. The molecule has 1 aliphatic rings. The minimum atomic E-state index is -0.266. The largest absolute Gasteiger partial charge is 0.345 e. The number of imidazole rings is 1. The smallest absolute Gasteiger partial charge is 0.277 e. The summed E-state index contributed by atoms with van der Waals surface area (Å²) in [5.74, 6) is 1.39. The molecule has 0 spiro atoms. The van der Waals surface area contributed by atoms with Crippen LogP contribution in [-0.2, 0) is 0 Å². The zero-order chi connectivity index (χ0) is 17.9. The minimum Gasteiger partial charge on any atom is -0.345 e. The second-order valence-electron chi connectivity index (χ2n) is 6.50. The predicted octanol–water partition coefficient (Wildman–Crippen LogP) is 2.22. The van der Waals surface area contributed by atoms with Crippen molar-refractivity contribution in [2.75, 3.05) is 18.4 Å². The van der Waals surface area contributed by atoms with Gasteiger partial charge in [0.15, 0.2) is 5.82 Å². The molecule has 4 heterocycles. The number of nitrogens with one attached hydrogen (secondary N) is 4. The lowest BCUT2D eigenvalue weighted by atomic mass is 9.99. The molecule has 3 aromatic rings. The van der Waals surface area contributed by atoms with E-state index in [9.17, 15) is 4.79 Å². The van der Waals surface area contributed by atoms with Crippen LogP contribution in [0, 0.1) is 6.92 Å². The fourth-order valence-electron chi connectivity index (χ4n) is 3.21. The maximum absolute atomic E-state index is 12.6. The molecule has 0 unspecified atom stereocenters. The Morgan fingerprint density at radius 2 is 2.31 bits per heavy atom. The zero-order valence-corrected chi connectivity index (χ0v) is 14.5. The first-order chi connectivity index (χ1) is 12.7. The second kappa shape index (κ2) is 7.09. The lowest BCUT2D eigenvalue weighted by Gasteiger charge is -2.20. The van der Waals surface area contributed by atoms with Crippen molar-refractivity contribution in [3.05, 3.63) is 47.8 Å². The summed E-state index contributed by atoms with van der Waals surface area (Å²) in [6.07, 6.45) is 5.65. The van der Waals surface area contributed by atoms with E-state index < -0.39 is 0 Å². The third-order valence-corrected chi connectivity index (χ3v) is 4.59. The van der Waals surface area contributed by atoms with E-state index in [-0.39, 0.29) is 5.91 Å². The van der Waals surface area contributed by atoms with Gasteiger partial charge in [-0.25, -0.2) is 4.98 Å². The monoisotopic (exact) mass is 351 g/mol. The number of nitrogens with zero attached hydrogens (tertiary/aromatic N) is 3. The van der Waals surface area contributed by atoms with Crippen molar-refractivity contribution in [2.24, 2.45) is 0 Å². The van der Waals surface area contributed by atoms with E-state index >= 15 is 0 Å². The molecule has 0 saturated carbocycles. The van der Waals surface area contributed by atoms with Gasteiger partial charge in [0.1, 0.15) is 11.5 Å². The molecule has 26 heavy (non-hydrogen) atoms. The zero-order valence-electron chi connectivity index (χ0n) is 14.5. The van der Waals surface area contributed by atoms with Gasteiger partial charge in [-0.15, -0.1) is 0 Å². The van der Waals surface area contributed by atoms with Crippen LogP contribution in [0.5, 0.6) is 0 Å². The third kappa shape index (κ3) is 3.36. The molecule has 134 valence electrons. The lowest BCUT2D eigenvalue weighted by Crippen LogP contribution is -2.29. The Morgan fingerprint density at radius 1 is 1.38 bits per heavy atom. The van der Waals surface area contributed by atoms with Gasteiger partial charge in [-0.1, -0.05) is 0 Å². The van der Waals surface area contributed by atoms with Gasteiger partial charge in [0.2, 0.25) is 0 Å². The number of aromatic amines is 2. The Balaban J connectivity index is 1.48. The van der Waals surface area contributed by atoms with Crippen molar-refractivity contribution in [2.45, 2.75) is 25.7 Å². The van der Waals surface area contributed by atoms with E-state index in [0.717, 1.165) is 48.7 Å². The first-order valence-electron chi connectivity index (χ1n) is 8.75. The summed E-state index contributed by atoms with van der Waals surface area (Å²) in [7, 11) is 0. The predicted molar refractivity (Wildman–Crippen MR) is 97.9 cm³/mol. The number of anilines is 1. The molecular formula is C18H21N7O. The molecular weight excluding hydrogens is 330 g/mol. The summed E-state index contributed by atoms with van der Waals surface area (Å²) >= 11 is 0. The maximum atomic E-state index is 12.6. The van der Waals surface area contributed by atoms with Crippen molar-refractivity contribution in [1.82, 2.24) is 30.5 Å². The molecule has 0 aromatic carbocycles. The van der Waals surface area contributed by atoms with Crippen LogP contribution in [0.15, 0.2) is 30.6 Å². The van der Waals surface area contributed by atoms with Crippen LogP contribution in [0.25, 0.3) is 11.3 Å². The lowest BCUT2D eigenvalue weighted by molar-refractivity contribution is 0.102. The highest BCUT2D eigenvalue weighted by atomic mass is 16.2. The summed E-state index contributed by atoms with van der Waals surface area (Å²) in [4.78, 5) is 24.5. The number of carbonyl (C=O) groups excluding carboxylic acids is 1. The van der Waals surface area contributed by atoms with E-state index in [0.29, 0.717) is 17.4 Å². The van der Waals surface area contributed by atoms with E-state index in [1.165, 1.54) is 0 Å². The Morgan fingerprint density at radius 3 is 3.08 bits per heavy atom. The Labute approximate surface area is 150 Å². The molecule has 4 N–H and O–H groups in total. The summed E-state index contributed by atoms with van der Waals surface area (Å²) in [6.45, 7) is 3.80. The quantitative estimate of drug-likeness (QED) is 0.576. The number of H-pyrrole nitrogens is 2. The summed E-state index contributed by atoms with van der Waals surface area (Å²) in [6, 6.07) is 5.56. The van der Waals surface area contributed by atoms with Gasteiger partial charge in [0, 0.05) is 42.2 Å². The van der Waals surface area contributed by atoms with Crippen molar-refractivity contribution in [3.8, 4) is 11.3 Å². The van der Waals surface area contributed by atoms with E-state index in [2.05, 4.69) is 35.8 Å². The van der Waals surface area contributed by atoms with Crippen LogP contribution < -0.4 is 10.6 Å². The van der Waals surface area contributed by atoms with Crippen molar-refractivity contribution in [3.63, 3.8) is 0 Å². The van der Waals surface area contributed by atoms with Gasteiger partial charge in [-0.05, 0) is 38.4 Å². The highest BCUT2D eigenvalue weighted by Gasteiger charge is 2.22. The SMILES string of the molecule is Cc1[nH]c([C@H]2CCCNC2)nc1C(=O)Nc1cc(-c2cccnc2)[nH]n1. The van der Waals surface area contributed by atoms with Crippen LogP contribution >= 0.6 is 0 Å². The van der Waals surface area contributed by atoms with Gasteiger partial charge in [-0.2, -0.15) is 5.10 Å². The number of pyridine rings is 1. The molecule has 3 aromatic heterocycles. The van der Waals surface area contributed by atoms with Crippen LogP contribution in [0.2, 0.25) is 0 Å². The normalized spacial score (nSPS) is 17.2. The van der Waals surface area contributed by atoms with Crippen LogP contribution in [-0.4, -0.2) is 44.1 Å². The number of carbonyl (C=O) groups is 1. The Kier molecular flexibility index (Phi) is 4.49. The molecule has 0 bridgehead atoms. The number of hydrogen-bond donors (Lipinski definition) is 4. The number of aryl methyl sites for hydroxylation is 1. The number of amides is 1. The van der Waals surface area contributed by atoms with Gasteiger partial charge in [0.25, 0.3) is 5.91 Å². The average Bonchev–Trinajstić information content (AvgIpc) is 3.30. The van der Waals surface area contributed by atoms with E-state index in [4.69, 9.17) is 0 Å². The number of hydrogen-bond acceptors (Lipinski definition) is 5. The van der Waals surface area contributed by atoms with Gasteiger partial charge in [0.05, 0.1) is 5.69 Å². The first-order valence-corrected chi connectivity index (χ1v) is 8.75. The first kappa shape index (κ1) is 16.5. The van der Waals surface area contributed by atoms with Gasteiger partial charge in [-0.3, -0.25) is 14.9 Å². The average molecular weight is 351 g/mol. The molecule has 8 nitrogen and oxygen atoms in total. The molecule has 1 saturated heterocycles. The molecule has 1 fully saturated rings. The fraction of sp³-hybridized carbons (Fsp3) is 0.333. The standard InChI is InChI=1S/C18H21N7O/c1-11-16(23-17(21-11)13-5-3-7-20-10-13)18(26)22-15-8-14(24-25-15)12-4-2-6-19-9-12/h2,4,6,8-9,13,20H,3,5,7,10H2,1H3,(H,21,23)(H2,22,24,25,26)/t13-/m0/s1. The van der Waals surface area contributed by atoms with E-state index in [1.807, 2.05) is 19.1 Å². The third-order valence-electron chi connectivity index (χ3n) is 4.59. The highest BCUT2D eigenvalue weighted by molar-refractivity contribution is 6.03. The minimum absolute atomic E-state index is 0.266. The summed E-state index contributed by atoms with van der Waals surface area (Å²) in [5.41, 5.74) is 2.88. The van der Waals surface area contributed by atoms with Gasteiger partial charge >= 0.3 is 0 Å².